The maximum atomic E-state index is 10.9. The number of nitrogens with two attached hydrogens (primary N) is 1. The number of allylic oxidation sites excluding steroid dienone is 1. The van der Waals surface area contributed by atoms with Crippen molar-refractivity contribution in [3.05, 3.63) is 54.3 Å². The van der Waals surface area contributed by atoms with Crippen LogP contribution in [0, 0.1) is 0 Å². The molecule has 2 aliphatic rings. The highest BCUT2D eigenvalue weighted by atomic mass is 16.1. The van der Waals surface area contributed by atoms with Crippen LogP contribution < -0.4 is 11.1 Å². The summed E-state index contributed by atoms with van der Waals surface area (Å²) in [6.07, 6.45) is 9.81. The lowest BCUT2D eigenvalue weighted by atomic mass is 10.1. The number of amides is 1. The van der Waals surface area contributed by atoms with Crippen molar-refractivity contribution in [1.29, 1.82) is 0 Å². The van der Waals surface area contributed by atoms with Crippen molar-refractivity contribution in [2.75, 3.05) is 19.6 Å². The highest BCUT2D eigenvalue weighted by Gasteiger charge is 2.43. The molecule has 3 rings (SSSR count). The average Bonchev–Trinajstić information content (AvgIpc) is 3.27. The number of nitrogens with one attached hydrogen (secondary N) is 1. The van der Waals surface area contributed by atoms with Gasteiger partial charge in [-0.2, -0.15) is 0 Å². The molecule has 2 aliphatic heterocycles. The highest BCUT2D eigenvalue weighted by Crippen LogP contribution is 2.34. The SMILES string of the molecule is C=C(N=C/C=C\N)N1C[C@@H]2C[C@H]1CN2Cc1ccc(CCCNC(C)=O)nc1. The number of carbonyl (C=O) groups is 1. The van der Waals surface area contributed by atoms with Gasteiger partial charge in [0.05, 0.1) is 0 Å². The number of likely N-dealkylation sites (tertiary alicyclic amines) is 2. The van der Waals surface area contributed by atoms with Gasteiger partial charge in [0.2, 0.25) is 5.91 Å². The van der Waals surface area contributed by atoms with Crippen LogP contribution >= 0.6 is 0 Å². The summed E-state index contributed by atoms with van der Waals surface area (Å²) in [7, 11) is 0. The Morgan fingerprint density at radius 3 is 2.93 bits per heavy atom. The van der Waals surface area contributed by atoms with E-state index in [1.807, 2.05) is 6.20 Å². The summed E-state index contributed by atoms with van der Waals surface area (Å²) < 4.78 is 0. The van der Waals surface area contributed by atoms with Gasteiger partial charge in [-0.3, -0.25) is 14.7 Å². The van der Waals surface area contributed by atoms with Gasteiger partial charge in [-0.25, -0.2) is 4.99 Å². The summed E-state index contributed by atoms with van der Waals surface area (Å²) in [6.45, 7) is 9.26. The summed E-state index contributed by atoms with van der Waals surface area (Å²) in [6, 6.07) is 5.30. The fourth-order valence-corrected chi connectivity index (χ4v) is 3.98. The van der Waals surface area contributed by atoms with E-state index < -0.39 is 0 Å². The van der Waals surface area contributed by atoms with Gasteiger partial charge in [-0.1, -0.05) is 12.6 Å². The maximum Gasteiger partial charge on any atom is 0.216 e. The molecule has 3 heterocycles. The minimum Gasteiger partial charge on any atom is -0.405 e. The van der Waals surface area contributed by atoms with Crippen LogP contribution in [-0.4, -0.2) is 58.6 Å². The Kier molecular flexibility index (Phi) is 6.81. The van der Waals surface area contributed by atoms with Crippen molar-refractivity contribution in [1.82, 2.24) is 20.1 Å². The summed E-state index contributed by atoms with van der Waals surface area (Å²) in [5.74, 6) is 0.833. The molecule has 3 N–H and O–H groups in total. The van der Waals surface area contributed by atoms with Crippen molar-refractivity contribution >= 4 is 12.1 Å². The van der Waals surface area contributed by atoms with Crippen molar-refractivity contribution < 1.29 is 4.79 Å². The molecule has 7 nitrogen and oxygen atoms in total. The molecular formula is C21H30N6O. The lowest BCUT2D eigenvalue weighted by Crippen LogP contribution is -2.44. The summed E-state index contributed by atoms with van der Waals surface area (Å²) in [5, 5.41) is 2.82. The van der Waals surface area contributed by atoms with Crippen molar-refractivity contribution in [2.45, 2.75) is 44.8 Å². The molecule has 0 radical (unpaired) electrons. The zero-order valence-corrected chi connectivity index (χ0v) is 16.6. The zero-order valence-electron chi connectivity index (χ0n) is 16.6. The van der Waals surface area contributed by atoms with Crippen LogP contribution in [0.1, 0.15) is 31.0 Å². The first-order valence-electron chi connectivity index (χ1n) is 9.85. The number of hydrogen-bond acceptors (Lipinski definition) is 6. The van der Waals surface area contributed by atoms with Crippen molar-refractivity contribution in [3.8, 4) is 0 Å². The smallest absolute Gasteiger partial charge is 0.216 e. The molecule has 2 fully saturated rings. The molecule has 28 heavy (non-hydrogen) atoms. The predicted molar refractivity (Wildman–Crippen MR) is 112 cm³/mol. The van der Waals surface area contributed by atoms with Crippen molar-refractivity contribution in [3.63, 3.8) is 0 Å². The fourth-order valence-electron chi connectivity index (χ4n) is 3.98. The molecule has 0 spiro atoms. The molecule has 2 bridgehead atoms. The Bertz CT molecular complexity index is 742. The number of aliphatic imine (C=N–C) groups is 1. The number of nitrogens with zero attached hydrogens (tertiary/aromatic N) is 4. The van der Waals surface area contributed by atoms with Gasteiger partial charge in [0.15, 0.2) is 0 Å². The van der Waals surface area contributed by atoms with Crippen LogP contribution in [0.15, 0.2) is 48.0 Å². The average molecular weight is 383 g/mol. The van der Waals surface area contributed by atoms with E-state index in [2.05, 4.69) is 43.8 Å². The van der Waals surface area contributed by atoms with E-state index in [-0.39, 0.29) is 5.91 Å². The number of fused-ring (bicyclic) bond motifs is 2. The van der Waals surface area contributed by atoms with Gasteiger partial charge in [-0.15, -0.1) is 0 Å². The van der Waals surface area contributed by atoms with Gasteiger partial charge in [0.25, 0.3) is 0 Å². The van der Waals surface area contributed by atoms with Crippen LogP contribution in [0.3, 0.4) is 0 Å². The quantitative estimate of drug-likeness (QED) is 0.498. The number of hydrogen-bond donors (Lipinski definition) is 2. The van der Waals surface area contributed by atoms with Gasteiger partial charge in [-0.05, 0) is 43.2 Å². The molecule has 0 unspecified atom stereocenters. The third-order valence-electron chi connectivity index (χ3n) is 5.36. The Labute approximate surface area is 167 Å². The van der Waals surface area contributed by atoms with E-state index in [9.17, 15) is 4.79 Å². The molecule has 1 aromatic heterocycles. The molecule has 1 aromatic rings. The van der Waals surface area contributed by atoms with E-state index in [0.717, 1.165) is 50.4 Å². The largest absolute Gasteiger partial charge is 0.405 e. The van der Waals surface area contributed by atoms with Crippen LogP contribution in [0.5, 0.6) is 0 Å². The molecular weight excluding hydrogens is 352 g/mol. The van der Waals surface area contributed by atoms with E-state index >= 15 is 0 Å². The minimum absolute atomic E-state index is 0.0181. The maximum absolute atomic E-state index is 10.9. The normalized spacial score (nSPS) is 21.8. The summed E-state index contributed by atoms with van der Waals surface area (Å²) >= 11 is 0. The fraction of sp³-hybridized carbons (Fsp3) is 0.476. The Morgan fingerprint density at radius 1 is 1.43 bits per heavy atom. The predicted octanol–water partition coefficient (Wildman–Crippen LogP) is 1.42. The van der Waals surface area contributed by atoms with Gasteiger partial charge in [0, 0.05) is 63.3 Å². The molecule has 0 saturated carbocycles. The van der Waals surface area contributed by atoms with Gasteiger partial charge < -0.3 is 16.0 Å². The lowest BCUT2D eigenvalue weighted by Gasteiger charge is -2.35. The number of pyridine rings is 1. The molecule has 150 valence electrons. The molecule has 0 aliphatic carbocycles. The Balaban J connectivity index is 1.45. The van der Waals surface area contributed by atoms with Crippen LogP contribution in [0.4, 0.5) is 0 Å². The molecule has 2 atom stereocenters. The van der Waals surface area contributed by atoms with Crippen LogP contribution in [0.2, 0.25) is 0 Å². The molecule has 1 amide bonds. The first-order chi connectivity index (χ1) is 13.6. The second-order valence-corrected chi connectivity index (χ2v) is 7.45. The second-order valence-electron chi connectivity index (χ2n) is 7.45. The third-order valence-corrected chi connectivity index (χ3v) is 5.36. The first kappa shape index (κ1) is 20.1. The molecule has 2 saturated heterocycles. The number of aromatic nitrogens is 1. The standard InChI is InChI=1S/C21H30N6O/c1-16(23-10-4-8-22)27-15-20-11-21(27)14-26(20)13-18-6-7-19(25-12-18)5-3-9-24-17(2)28/h4,6-8,10,12,20-21H,1,3,5,9,11,13-15,22H2,2H3,(H,24,28)/b8-4-,23-10?/t20-,21-/m0/s1. The Morgan fingerprint density at radius 2 is 2.29 bits per heavy atom. The van der Waals surface area contributed by atoms with E-state index in [0.29, 0.717) is 18.6 Å². The summed E-state index contributed by atoms with van der Waals surface area (Å²) in [4.78, 5) is 24.7. The number of piperazine rings is 1. The third kappa shape index (κ3) is 5.19. The second kappa shape index (κ2) is 9.50. The number of rotatable bonds is 9. The number of aryl methyl sites for hydroxylation is 1. The van der Waals surface area contributed by atoms with Gasteiger partial charge in [0.1, 0.15) is 5.82 Å². The van der Waals surface area contributed by atoms with E-state index in [1.54, 1.807) is 19.2 Å². The van der Waals surface area contributed by atoms with Crippen LogP contribution in [0.25, 0.3) is 0 Å². The minimum atomic E-state index is 0.0181. The number of carbonyl (C=O) groups excluding carboxylic acids is 1. The lowest BCUT2D eigenvalue weighted by molar-refractivity contribution is -0.118. The summed E-state index contributed by atoms with van der Waals surface area (Å²) in [5.41, 5.74) is 7.65. The van der Waals surface area contributed by atoms with Crippen LogP contribution in [-0.2, 0) is 17.8 Å². The Hall–Kier alpha value is -2.67. The zero-order chi connectivity index (χ0) is 19.9. The molecule has 7 heteroatoms. The van der Waals surface area contributed by atoms with Gasteiger partial charge >= 0.3 is 0 Å². The monoisotopic (exact) mass is 382 g/mol. The van der Waals surface area contributed by atoms with E-state index in [4.69, 9.17) is 5.73 Å². The van der Waals surface area contributed by atoms with Crippen molar-refractivity contribution in [2.24, 2.45) is 10.7 Å². The van der Waals surface area contributed by atoms with E-state index in [1.165, 1.54) is 11.8 Å². The molecule has 0 aromatic carbocycles. The highest BCUT2D eigenvalue weighted by molar-refractivity contribution is 5.72. The first-order valence-corrected chi connectivity index (χ1v) is 9.85. The topological polar surface area (TPSA) is 86.9 Å².